The third-order valence-electron chi connectivity index (χ3n) is 4.44. The van der Waals surface area contributed by atoms with E-state index in [1.807, 2.05) is 48.5 Å². The highest BCUT2D eigenvalue weighted by atomic mass is 15.1. The van der Waals surface area contributed by atoms with Crippen molar-refractivity contribution in [3.05, 3.63) is 89.5 Å². The van der Waals surface area contributed by atoms with Gasteiger partial charge in [0.2, 0.25) is 0 Å². The van der Waals surface area contributed by atoms with Crippen LogP contribution in [0.4, 0.5) is 0 Å². The van der Waals surface area contributed by atoms with E-state index >= 15 is 0 Å². The number of para-hydroxylation sites is 2. The fraction of sp³-hybridized carbons (Fsp3) is 0.0909. The summed E-state index contributed by atoms with van der Waals surface area (Å²) in [4.78, 5) is 4.88. The summed E-state index contributed by atoms with van der Waals surface area (Å²) < 4.78 is 2.23. The van der Waals surface area contributed by atoms with Crippen LogP contribution in [-0.2, 0) is 6.54 Å². The summed E-state index contributed by atoms with van der Waals surface area (Å²) in [6.07, 6.45) is 0. The molecular weight excluding hydrogens is 306 g/mol. The van der Waals surface area contributed by atoms with Gasteiger partial charge in [0, 0.05) is 12.1 Å². The molecule has 0 radical (unpaired) electrons. The lowest BCUT2D eigenvalue weighted by molar-refractivity contribution is 0.833. The molecule has 4 rings (SSSR count). The summed E-state index contributed by atoms with van der Waals surface area (Å²) >= 11 is 0. The first-order valence-corrected chi connectivity index (χ1v) is 8.26. The van der Waals surface area contributed by atoms with Gasteiger partial charge in [-0.1, -0.05) is 48.5 Å². The van der Waals surface area contributed by atoms with Crippen molar-refractivity contribution in [3.63, 3.8) is 0 Å². The maximum atomic E-state index is 9.16. The highest BCUT2D eigenvalue weighted by Crippen LogP contribution is 2.28. The van der Waals surface area contributed by atoms with Crippen LogP contribution >= 0.6 is 0 Å². The molecule has 0 aliphatic heterocycles. The smallest absolute Gasteiger partial charge is 0.141 e. The number of aryl methyl sites for hydroxylation is 1. The zero-order chi connectivity index (χ0) is 17.2. The largest absolute Gasteiger partial charge is 0.319 e. The van der Waals surface area contributed by atoms with Crippen molar-refractivity contribution >= 4 is 11.0 Å². The first kappa shape index (κ1) is 15.2. The molecule has 4 aromatic rings. The minimum atomic E-state index is 0.680. The fourth-order valence-corrected chi connectivity index (χ4v) is 3.19. The summed E-state index contributed by atoms with van der Waals surface area (Å²) in [5.41, 5.74) is 6.19. The number of nitriles is 1. The van der Waals surface area contributed by atoms with Crippen molar-refractivity contribution in [2.24, 2.45) is 0 Å². The molecule has 3 aromatic carbocycles. The van der Waals surface area contributed by atoms with Gasteiger partial charge >= 0.3 is 0 Å². The normalized spacial score (nSPS) is 10.7. The average molecular weight is 323 g/mol. The van der Waals surface area contributed by atoms with E-state index in [0.717, 1.165) is 28.0 Å². The van der Waals surface area contributed by atoms with E-state index in [9.17, 15) is 0 Å². The van der Waals surface area contributed by atoms with Crippen LogP contribution in [0.1, 0.15) is 16.7 Å². The number of aromatic nitrogens is 2. The molecule has 0 aliphatic carbocycles. The molecule has 1 heterocycles. The van der Waals surface area contributed by atoms with Crippen molar-refractivity contribution in [1.82, 2.24) is 9.55 Å². The molecule has 0 saturated heterocycles. The molecule has 0 bridgehead atoms. The highest BCUT2D eigenvalue weighted by Gasteiger charge is 2.14. The molecule has 120 valence electrons. The Kier molecular flexibility index (Phi) is 3.80. The third-order valence-corrected chi connectivity index (χ3v) is 4.44. The van der Waals surface area contributed by atoms with Crippen LogP contribution in [-0.4, -0.2) is 9.55 Å². The Morgan fingerprint density at radius 2 is 1.76 bits per heavy atom. The van der Waals surface area contributed by atoms with Gasteiger partial charge < -0.3 is 4.57 Å². The van der Waals surface area contributed by atoms with Gasteiger partial charge in [-0.15, -0.1) is 0 Å². The number of hydrogen-bond donors (Lipinski definition) is 0. The third kappa shape index (κ3) is 2.79. The Morgan fingerprint density at radius 1 is 0.960 bits per heavy atom. The van der Waals surface area contributed by atoms with Gasteiger partial charge in [0.1, 0.15) is 5.82 Å². The summed E-state index contributed by atoms with van der Waals surface area (Å²) in [6.45, 7) is 2.79. The number of hydrogen-bond acceptors (Lipinski definition) is 2. The SMILES string of the molecule is Cc1ccccc1-c1nc2ccccc2n1Cc1cccc(C#N)c1. The standard InChI is InChI=1S/C22H17N3/c1-16-7-2-3-10-19(16)22-24-20-11-4-5-12-21(20)25(22)15-18-9-6-8-17(13-18)14-23/h2-13H,15H2,1H3. The van der Waals surface area contributed by atoms with Gasteiger partial charge in [-0.3, -0.25) is 0 Å². The molecular formula is C22H17N3. The van der Waals surface area contributed by atoms with Crippen LogP contribution in [0.2, 0.25) is 0 Å². The van der Waals surface area contributed by atoms with Gasteiger partial charge in [0.25, 0.3) is 0 Å². The van der Waals surface area contributed by atoms with Crippen LogP contribution in [0, 0.1) is 18.3 Å². The minimum absolute atomic E-state index is 0.680. The zero-order valence-corrected chi connectivity index (χ0v) is 14.0. The zero-order valence-electron chi connectivity index (χ0n) is 14.0. The summed E-state index contributed by atoms with van der Waals surface area (Å²) in [5, 5.41) is 9.16. The lowest BCUT2D eigenvalue weighted by Gasteiger charge is -2.11. The van der Waals surface area contributed by atoms with Crippen LogP contribution in [0.3, 0.4) is 0 Å². The van der Waals surface area contributed by atoms with E-state index in [-0.39, 0.29) is 0 Å². The molecule has 3 nitrogen and oxygen atoms in total. The Bertz CT molecular complexity index is 1100. The number of imidazole rings is 1. The molecule has 0 aliphatic rings. The molecule has 0 N–H and O–H groups in total. The van der Waals surface area contributed by atoms with Gasteiger partial charge in [-0.25, -0.2) is 4.98 Å². The fourth-order valence-electron chi connectivity index (χ4n) is 3.19. The van der Waals surface area contributed by atoms with Crippen molar-refractivity contribution in [2.45, 2.75) is 13.5 Å². The predicted molar refractivity (Wildman–Crippen MR) is 100 cm³/mol. The Hall–Kier alpha value is -3.38. The van der Waals surface area contributed by atoms with Gasteiger partial charge in [0.15, 0.2) is 0 Å². The second-order valence-electron chi connectivity index (χ2n) is 6.14. The van der Waals surface area contributed by atoms with Crippen LogP contribution in [0.25, 0.3) is 22.4 Å². The summed E-state index contributed by atoms with van der Waals surface area (Å²) in [6, 6.07) is 26.5. The van der Waals surface area contributed by atoms with Crippen LogP contribution in [0.15, 0.2) is 72.8 Å². The molecule has 3 heteroatoms. The van der Waals surface area contributed by atoms with E-state index in [0.29, 0.717) is 12.1 Å². The number of benzene rings is 3. The summed E-state index contributed by atoms with van der Waals surface area (Å²) in [7, 11) is 0. The lowest BCUT2D eigenvalue weighted by atomic mass is 10.1. The average Bonchev–Trinajstić information content (AvgIpc) is 3.01. The molecule has 0 spiro atoms. The van der Waals surface area contributed by atoms with E-state index < -0.39 is 0 Å². The topological polar surface area (TPSA) is 41.6 Å². The monoisotopic (exact) mass is 323 g/mol. The first-order valence-electron chi connectivity index (χ1n) is 8.26. The van der Waals surface area contributed by atoms with Crippen LogP contribution < -0.4 is 0 Å². The van der Waals surface area contributed by atoms with Gasteiger partial charge in [-0.2, -0.15) is 5.26 Å². The van der Waals surface area contributed by atoms with Crippen molar-refractivity contribution in [2.75, 3.05) is 0 Å². The van der Waals surface area contributed by atoms with Crippen molar-refractivity contribution < 1.29 is 0 Å². The van der Waals surface area contributed by atoms with Gasteiger partial charge in [-0.05, 0) is 42.3 Å². The Labute approximate surface area is 146 Å². The molecule has 0 unspecified atom stereocenters. The second kappa shape index (κ2) is 6.26. The number of rotatable bonds is 3. The number of fused-ring (bicyclic) bond motifs is 1. The van der Waals surface area contributed by atoms with Gasteiger partial charge in [0.05, 0.1) is 22.7 Å². The quantitative estimate of drug-likeness (QED) is 0.536. The highest BCUT2D eigenvalue weighted by molar-refractivity contribution is 5.81. The summed E-state index contributed by atoms with van der Waals surface area (Å²) in [5.74, 6) is 0.960. The van der Waals surface area contributed by atoms with Crippen LogP contribution in [0.5, 0.6) is 0 Å². The minimum Gasteiger partial charge on any atom is -0.319 e. The predicted octanol–water partition coefficient (Wildman–Crippen LogP) is 4.93. The van der Waals surface area contributed by atoms with E-state index in [1.165, 1.54) is 5.56 Å². The first-order chi connectivity index (χ1) is 12.3. The Morgan fingerprint density at radius 3 is 2.60 bits per heavy atom. The molecule has 0 fully saturated rings. The van der Waals surface area contributed by atoms with Crippen molar-refractivity contribution in [1.29, 1.82) is 5.26 Å². The molecule has 0 atom stereocenters. The maximum absolute atomic E-state index is 9.16. The molecule has 0 amide bonds. The van der Waals surface area contributed by atoms with E-state index in [1.54, 1.807) is 0 Å². The van der Waals surface area contributed by atoms with E-state index in [2.05, 4.69) is 41.8 Å². The van der Waals surface area contributed by atoms with E-state index in [4.69, 9.17) is 10.2 Å². The molecule has 1 aromatic heterocycles. The lowest BCUT2D eigenvalue weighted by Crippen LogP contribution is -2.03. The second-order valence-corrected chi connectivity index (χ2v) is 6.14. The molecule has 0 saturated carbocycles. The number of nitrogens with zero attached hydrogens (tertiary/aromatic N) is 3. The molecule has 25 heavy (non-hydrogen) atoms. The maximum Gasteiger partial charge on any atom is 0.141 e. The Balaban J connectivity index is 1.91. The van der Waals surface area contributed by atoms with Crippen molar-refractivity contribution in [3.8, 4) is 17.5 Å².